The third-order valence-electron chi connectivity index (χ3n) is 2.58. The predicted octanol–water partition coefficient (Wildman–Crippen LogP) is 3.44. The normalized spacial score (nSPS) is 10.1. The van der Waals surface area contributed by atoms with Crippen molar-refractivity contribution < 1.29 is 4.79 Å². The monoisotopic (exact) mass is 318 g/mol. The fourth-order valence-electron chi connectivity index (χ4n) is 1.55. The molecule has 0 fully saturated rings. The molecule has 0 saturated carbocycles. The Balaban J connectivity index is 1.87. The number of carbonyl (C=O) groups excluding carboxylic acids is 1. The van der Waals surface area contributed by atoms with Gasteiger partial charge in [0.25, 0.3) is 0 Å². The second-order valence-electron chi connectivity index (χ2n) is 4.27. The molecule has 0 aliphatic heterocycles. The number of carbonyl (C=O) groups is 1. The number of rotatable bonds is 6. The number of amides is 1. The Morgan fingerprint density at radius 1 is 1.38 bits per heavy atom. The highest BCUT2D eigenvalue weighted by Gasteiger charge is 2.08. The van der Waals surface area contributed by atoms with Gasteiger partial charge in [-0.3, -0.25) is 4.79 Å². The number of thioether (sulfide) groups is 1. The van der Waals surface area contributed by atoms with E-state index in [9.17, 15) is 4.79 Å². The van der Waals surface area contributed by atoms with E-state index in [4.69, 9.17) is 5.26 Å². The molecule has 1 N–H and O–H groups in total. The highest BCUT2D eigenvalue weighted by Crippen LogP contribution is 2.28. The first-order valence-corrected chi connectivity index (χ1v) is 8.26. The molecule has 0 unspecified atom stereocenters. The minimum absolute atomic E-state index is 0.0303. The number of aromatic nitrogens is 2. The molecule has 0 radical (unpaired) electrons. The number of benzene rings is 1. The maximum absolute atomic E-state index is 11.5. The average molecular weight is 318 g/mol. The lowest BCUT2D eigenvalue weighted by atomic mass is 10.2. The lowest BCUT2D eigenvalue weighted by Crippen LogP contribution is -2.10. The van der Waals surface area contributed by atoms with Crippen LogP contribution in [-0.2, 0) is 10.5 Å². The van der Waals surface area contributed by atoms with Crippen LogP contribution >= 0.6 is 23.1 Å². The number of anilines is 1. The molecule has 0 atom stereocenters. The van der Waals surface area contributed by atoms with Gasteiger partial charge in [0.2, 0.25) is 11.0 Å². The van der Waals surface area contributed by atoms with E-state index >= 15 is 0 Å². The smallest absolute Gasteiger partial charge is 0.226 e. The zero-order valence-electron chi connectivity index (χ0n) is 11.5. The summed E-state index contributed by atoms with van der Waals surface area (Å²) >= 11 is 2.93. The minimum atomic E-state index is -0.0303. The molecule has 0 bridgehead atoms. The van der Waals surface area contributed by atoms with Gasteiger partial charge in [0, 0.05) is 12.2 Å². The fraction of sp³-hybridized carbons (Fsp3) is 0.286. The first-order chi connectivity index (χ1) is 10.2. The van der Waals surface area contributed by atoms with Crippen LogP contribution in [0, 0.1) is 11.3 Å². The highest BCUT2D eigenvalue weighted by atomic mass is 32.2. The SMILES string of the molecule is CCCC(=O)Nc1nnc(SCc2ccc(C#N)cc2)s1. The standard InChI is InChI=1S/C14H14N4OS2/c1-2-3-12(19)16-13-17-18-14(21-13)20-9-11-6-4-10(8-15)5-7-11/h4-7H,2-3,9H2,1H3,(H,16,17,19). The Hall–Kier alpha value is -1.91. The second-order valence-corrected chi connectivity index (χ2v) is 6.47. The molecule has 0 spiro atoms. The van der Waals surface area contributed by atoms with Gasteiger partial charge in [0.1, 0.15) is 0 Å². The summed E-state index contributed by atoms with van der Waals surface area (Å²) in [6.45, 7) is 1.96. The van der Waals surface area contributed by atoms with Gasteiger partial charge < -0.3 is 5.32 Å². The van der Waals surface area contributed by atoms with Crippen LogP contribution in [0.1, 0.15) is 30.9 Å². The van der Waals surface area contributed by atoms with Gasteiger partial charge in [-0.25, -0.2) is 0 Å². The van der Waals surface area contributed by atoms with Crippen LogP contribution in [0.4, 0.5) is 5.13 Å². The molecule has 0 aliphatic rings. The molecule has 1 amide bonds. The molecule has 0 saturated heterocycles. The van der Waals surface area contributed by atoms with Crippen molar-refractivity contribution in [2.75, 3.05) is 5.32 Å². The van der Waals surface area contributed by atoms with Crippen LogP contribution < -0.4 is 5.32 Å². The maximum atomic E-state index is 11.5. The maximum Gasteiger partial charge on any atom is 0.226 e. The van der Waals surface area contributed by atoms with Crippen molar-refractivity contribution in [3.63, 3.8) is 0 Å². The van der Waals surface area contributed by atoms with E-state index in [0.29, 0.717) is 17.1 Å². The second kappa shape index (κ2) is 7.76. The quantitative estimate of drug-likeness (QED) is 0.652. The predicted molar refractivity (Wildman–Crippen MR) is 84.2 cm³/mol. The molecule has 5 nitrogen and oxygen atoms in total. The van der Waals surface area contributed by atoms with E-state index in [1.54, 1.807) is 23.9 Å². The zero-order valence-corrected chi connectivity index (χ0v) is 13.1. The van der Waals surface area contributed by atoms with Crippen LogP contribution in [0.15, 0.2) is 28.6 Å². The van der Waals surface area contributed by atoms with Gasteiger partial charge in [-0.2, -0.15) is 5.26 Å². The highest BCUT2D eigenvalue weighted by molar-refractivity contribution is 8.00. The van der Waals surface area contributed by atoms with Gasteiger partial charge in [-0.1, -0.05) is 42.2 Å². The Morgan fingerprint density at radius 3 is 2.81 bits per heavy atom. The number of nitrogens with zero attached hydrogens (tertiary/aromatic N) is 3. The Bertz CT molecular complexity index is 646. The van der Waals surface area contributed by atoms with Crippen LogP contribution in [0.5, 0.6) is 0 Å². The van der Waals surface area contributed by atoms with Crippen molar-refractivity contribution in [3.05, 3.63) is 35.4 Å². The lowest BCUT2D eigenvalue weighted by Gasteiger charge is -1.98. The summed E-state index contributed by atoms with van der Waals surface area (Å²) in [6.07, 6.45) is 1.30. The van der Waals surface area contributed by atoms with E-state index in [0.717, 1.165) is 22.1 Å². The first-order valence-electron chi connectivity index (χ1n) is 6.46. The van der Waals surface area contributed by atoms with Gasteiger partial charge in [-0.15, -0.1) is 10.2 Å². The minimum Gasteiger partial charge on any atom is -0.301 e. The molecular weight excluding hydrogens is 304 g/mol. The lowest BCUT2D eigenvalue weighted by molar-refractivity contribution is -0.116. The molecule has 2 rings (SSSR count). The number of hydrogen-bond acceptors (Lipinski definition) is 6. The molecular formula is C14H14N4OS2. The van der Waals surface area contributed by atoms with E-state index in [-0.39, 0.29) is 5.91 Å². The summed E-state index contributed by atoms with van der Waals surface area (Å²) in [5, 5.41) is 20.0. The Labute approximate surface area is 131 Å². The number of hydrogen-bond donors (Lipinski definition) is 1. The van der Waals surface area contributed by atoms with Gasteiger partial charge in [-0.05, 0) is 24.1 Å². The molecule has 21 heavy (non-hydrogen) atoms. The van der Waals surface area contributed by atoms with Crippen molar-refractivity contribution in [2.45, 2.75) is 29.9 Å². The van der Waals surface area contributed by atoms with Crippen molar-refractivity contribution in [3.8, 4) is 6.07 Å². The summed E-state index contributed by atoms with van der Waals surface area (Å²) in [5.74, 6) is 0.723. The average Bonchev–Trinajstić information content (AvgIpc) is 2.93. The third kappa shape index (κ3) is 4.85. The van der Waals surface area contributed by atoms with Crippen molar-refractivity contribution in [1.82, 2.24) is 10.2 Å². The van der Waals surface area contributed by atoms with Crippen molar-refractivity contribution in [1.29, 1.82) is 5.26 Å². The van der Waals surface area contributed by atoms with Crippen LogP contribution in [0.25, 0.3) is 0 Å². The van der Waals surface area contributed by atoms with Crippen molar-refractivity contribution >= 4 is 34.1 Å². The molecule has 1 aromatic heterocycles. The zero-order chi connectivity index (χ0) is 15.1. The van der Waals surface area contributed by atoms with E-state index in [1.165, 1.54) is 11.3 Å². The Morgan fingerprint density at radius 2 is 2.14 bits per heavy atom. The summed E-state index contributed by atoms with van der Waals surface area (Å²) < 4.78 is 0.811. The molecule has 0 aliphatic carbocycles. The van der Waals surface area contributed by atoms with Gasteiger partial charge >= 0.3 is 0 Å². The molecule has 1 heterocycles. The van der Waals surface area contributed by atoms with Gasteiger partial charge in [0.05, 0.1) is 11.6 Å². The number of nitrogens with one attached hydrogen (secondary N) is 1. The van der Waals surface area contributed by atoms with E-state index in [1.807, 2.05) is 19.1 Å². The summed E-state index contributed by atoms with van der Waals surface area (Å²) in [7, 11) is 0. The molecule has 2 aromatic rings. The van der Waals surface area contributed by atoms with Crippen molar-refractivity contribution in [2.24, 2.45) is 0 Å². The van der Waals surface area contributed by atoms with Crippen LogP contribution in [0.3, 0.4) is 0 Å². The largest absolute Gasteiger partial charge is 0.301 e. The molecule has 7 heteroatoms. The van der Waals surface area contributed by atoms with E-state index in [2.05, 4.69) is 21.6 Å². The topological polar surface area (TPSA) is 78.7 Å². The third-order valence-corrected chi connectivity index (χ3v) is 4.62. The summed E-state index contributed by atoms with van der Waals surface area (Å²) in [6, 6.07) is 9.54. The van der Waals surface area contributed by atoms with E-state index < -0.39 is 0 Å². The van der Waals surface area contributed by atoms with Crippen LogP contribution in [0.2, 0.25) is 0 Å². The molecule has 1 aromatic carbocycles. The van der Waals surface area contributed by atoms with Gasteiger partial charge in [0.15, 0.2) is 4.34 Å². The Kier molecular flexibility index (Phi) is 5.72. The molecule has 108 valence electrons. The number of nitriles is 1. The summed E-state index contributed by atoms with van der Waals surface area (Å²) in [5.41, 5.74) is 1.77. The summed E-state index contributed by atoms with van der Waals surface area (Å²) in [4.78, 5) is 11.5. The fourth-order valence-corrected chi connectivity index (χ4v) is 3.27. The first kappa shape index (κ1) is 15.5. The van der Waals surface area contributed by atoms with Crippen LogP contribution in [-0.4, -0.2) is 16.1 Å².